The summed E-state index contributed by atoms with van der Waals surface area (Å²) in [4.78, 5) is 28.5. The first-order valence-electron chi connectivity index (χ1n) is 6.24. The SMILES string of the molecule is CON=Cc1cc(-n2c(=O)cc(C(F)(F)F)n(N)c2=O)ccc1Cl. The van der Waals surface area contributed by atoms with E-state index < -0.39 is 23.1 Å². The van der Waals surface area contributed by atoms with Crippen molar-refractivity contribution >= 4 is 17.8 Å². The number of hydrogen-bond donors (Lipinski definition) is 1. The predicted molar refractivity (Wildman–Crippen MR) is 81.1 cm³/mol. The number of hydrogen-bond acceptors (Lipinski definition) is 5. The summed E-state index contributed by atoms with van der Waals surface area (Å²) < 4.78 is 38.6. The maximum absolute atomic E-state index is 12.8. The van der Waals surface area contributed by atoms with Crippen molar-refractivity contribution in [2.24, 2.45) is 5.16 Å². The highest BCUT2D eigenvalue weighted by molar-refractivity contribution is 6.33. The molecule has 2 aromatic rings. The van der Waals surface area contributed by atoms with E-state index in [2.05, 4.69) is 9.99 Å². The highest BCUT2D eigenvalue weighted by Crippen LogP contribution is 2.26. The first-order valence-corrected chi connectivity index (χ1v) is 6.62. The van der Waals surface area contributed by atoms with Crippen molar-refractivity contribution < 1.29 is 18.0 Å². The smallest absolute Gasteiger partial charge is 0.399 e. The van der Waals surface area contributed by atoms with Crippen LogP contribution in [-0.2, 0) is 11.0 Å². The van der Waals surface area contributed by atoms with Gasteiger partial charge in [0, 0.05) is 16.7 Å². The topological polar surface area (TPSA) is 91.6 Å². The number of oxime groups is 1. The zero-order valence-electron chi connectivity index (χ0n) is 12.0. The van der Waals surface area contributed by atoms with Crippen LogP contribution in [0.5, 0.6) is 0 Å². The number of aromatic nitrogens is 2. The van der Waals surface area contributed by atoms with Crippen LogP contribution in [0, 0.1) is 0 Å². The molecule has 0 aliphatic rings. The molecular weight excluding hydrogens is 353 g/mol. The summed E-state index contributed by atoms with van der Waals surface area (Å²) in [5, 5.41) is 3.72. The summed E-state index contributed by atoms with van der Waals surface area (Å²) in [7, 11) is 1.29. The maximum atomic E-state index is 12.8. The second kappa shape index (κ2) is 6.40. The van der Waals surface area contributed by atoms with E-state index in [0.717, 1.165) is 0 Å². The maximum Gasteiger partial charge on any atom is 0.433 e. The Morgan fingerprint density at radius 1 is 1.29 bits per heavy atom. The molecule has 128 valence electrons. The quantitative estimate of drug-likeness (QED) is 0.507. The van der Waals surface area contributed by atoms with Crippen molar-refractivity contribution in [1.29, 1.82) is 0 Å². The fraction of sp³-hybridized carbons (Fsp3) is 0.154. The monoisotopic (exact) mass is 362 g/mol. The van der Waals surface area contributed by atoms with Gasteiger partial charge in [-0.25, -0.2) is 14.0 Å². The van der Waals surface area contributed by atoms with Gasteiger partial charge in [-0.15, -0.1) is 0 Å². The minimum absolute atomic E-state index is 0.0279. The van der Waals surface area contributed by atoms with E-state index >= 15 is 0 Å². The van der Waals surface area contributed by atoms with Gasteiger partial charge in [0.2, 0.25) is 0 Å². The van der Waals surface area contributed by atoms with E-state index in [1.807, 2.05) is 0 Å². The third-order valence-electron chi connectivity index (χ3n) is 2.96. The Kier molecular flexibility index (Phi) is 4.69. The van der Waals surface area contributed by atoms with Gasteiger partial charge in [0.25, 0.3) is 5.56 Å². The lowest BCUT2D eigenvalue weighted by molar-refractivity contribution is -0.143. The fourth-order valence-corrected chi connectivity index (χ4v) is 2.06. The molecule has 24 heavy (non-hydrogen) atoms. The van der Waals surface area contributed by atoms with Gasteiger partial charge in [-0.1, -0.05) is 16.8 Å². The molecule has 0 amide bonds. The zero-order valence-corrected chi connectivity index (χ0v) is 12.8. The van der Waals surface area contributed by atoms with Crippen LogP contribution in [0.3, 0.4) is 0 Å². The molecule has 7 nitrogen and oxygen atoms in total. The van der Waals surface area contributed by atoms with Gasteiger partial charge in [0.1, 0.15) is 7.11 Å². The molecule has 1 aromatic heterocycles. The largest absolute Gasteiger partial charge is 0.433 e. The lowest BCUT2D eigenvalue weighted by Crippen LogP contribution is -2.45. The van der Waals surface area contributed by atoms with Gasteiger partial charge in [0.15, 0.2) is 5.69 Å². The average Bonchev–Trinajstić information content (AvgIpc) is 2.50. The van der Waals surface area contributed by atoms with Crippen molar-refractivity contribution in [3.8, 4) is 5.69 Å². The van der Waals surface area contributed by atoms with Crippen LogP contribution < -0.4 is 17.1 Å². The number of benzene rings is 1. The molecule has 11 heteroatoms. The van der Waals surface area contributed by atoms with E-state index in [1.54, 1.807) is 0 Å². The van der Waals surface area contributed by atoms with E-state index in [0.29, 0.717) is 4.57 Å². The number of nitrogens with two attached hydrogens (primary N) is 1. The van der Waals surface area contributed by atoms with E-state index in [-0.39, 0.29) is 27.0 Å². The summed E-state index contributed by atoms with van der Waals surface area (Å²) in [5.74, 6) is 5.18. The second-order valence-electron chi connectivity index (χ2n) is 4.48. The van der Waals surface area contributed by atoms with Crippen LogP contribution in [-0.4, -0.2) is 22.6 Å². The minimum atomic E-state index is -4.94. The standard InChI is InChI=1S/C13H10ClF3N4O3/c1-24-19-6-7-4-8(2-3-9(7)14)20-11(22)5-10(13(15,16)17)21(18)12(20)23/h2-6H,18H2,1H3. The fourth-order valence-electron chi connectivity index (χ4n) is 1.89. The molecule has 2 rings (SSSR count). The highest BCUT2D eigenvalue weighted by Gasteiger charge is 2.35. The van der Waals surface area contributed by atoms with Gasteiger partial charge >= 0.3 is 11.9 Å². The minimum Gasteiger partial charge on any atom is -0.399 e. The van der Waals surface area contributed by atoms with Crippen molar-refractivity contribution in [3.63, 3.8) is 0 Å². The Bertz CT molecular complexity index is 918. The Morgan fingerprint density at radius 2 is 1.96 bits per heavy atom. The normalized spacial score (nSPS) is 11.9. The third-order valence-corrected chi connectivity index (χ3v) is 3.31. The molecule has 0 saturated heterocycles. The van der Waals surface area contributed by atoms with Crippen LogP contribution in [0.25, 0.3) is 5.69 Å². The zero-order chi connectivity index (χ0) is 18.1. The van der Waals surface area contributed by atoms with Crippen molar-refractivity contribution in [1.82, 2.24) is 9.24 Å². The lowest BCUT2D eigenvalue weighted by Gasteiger charge is -2.13. The molecular formula is C13H10ClF3N4O3. The number of nitrogens with zero attached hydrogens (tertiary/aromatic N) is 3. The Hall–Kier alpha value is -2.75. The Balaban J connectivity index is 2.71. The summed E-state index contributed by atoms with van der Waals surface area (Å²) >= 11 is 5.92. The molecule has 0 unspecified atom stereocenters. The van der Waals surface area contributed by atoms with E-state index in [4.69, 9.17) is 17.4 Å². The van der Waals surface area contributed by atoms with E-state index in [9.17, 15) is 22.8 Å². The summed E-state index contributed by atoms with van der Waals surface area (Å²) in [6, 6.07) is 4.14. The summed E-state index contributed by atoms with van der Waals surface area (Å²) in [6.07, 6.45) is -3.73. The molecule has 0 radical (unpaired) electrons. The van der Waals surface area contributed by atoms with Gasteiger partial charge in [-0.2, -0.15) is 13.2 Å². The number of alkyl halides is 3. The molecule has 2 N–H and O–H groups in total. The number of rotatable bonds is 3. The van der Waals surface area contributed by atoms with Crippen LogP contribution in [0.2, 0.25) is 5.02 Å². The Labute approximate surface area is 137 Å². The molecule has 0 fully saturated rings. The molecule has 0 saturated carbocycles. The number of halogens is 4. The molecule has 0 bridgehead atoms. The van der Waals surface area contributed by atoms with Crippen LogP contribution in [0.4, 0.5) is 13.2 Å². The van der Waals surface area contributed by atoms with Crippen molar-refractivity contribution in [2.75, 3.05) is 13.0 Å². The van der Waals surface area contributed by atoms with Crippen LogP contribution in [0.15, 0.2) is 39.0 Å². The summed E-state index contributed by atoms with van der Waals surface area (Å²) in [6.45, 7) is 0. The molecule has 1 aromatic carbocycles. The van der Waals surface area contributed by atoms with Gasteiger partial charge in [-0.05, 0) is 18.2 Å². The van der Waals surface area contributed by atoms with Crippen LogP contribution >= 0.6 is 11.6 Å². The number of nitrogen functional groups attached to an aromatic ring is 1. The molecule has 0 atom stereocenters. The van der Waals surface area contributed by atoms with Gasteiger partial charge in [0.05, 0.1) is 11.9 Å². The van der Waals surface area contributed by atoms with Gasteiger partial charge < -0.3 is 10.7 Å². The molecule has 0 aliphatic heterocycles. The highest BCUT2D eigenvalue weighted by atomic mass is 35.5. The first-order chi connectivity index (χ1) is 11.2. The molecule has 0 aliphatic carbocycles. The summed E-state index contributed by atoms with van der Waals surface area (Å²) in [5.41, 5.74) is -3.84. The van der Waals surface area contributed by atoms with E-state index in [1.165, 1.54) is 31.5 Å². The van der Waals surface area contributed by atoms with Crippen molar-refractivity contribution in [2.45, 2.75) is 6.18 Å². The predicted octanol–water partition coefficient (Wildman–Crippen LogP) is 1.37. The van der Waals surface area contributed by atoms with Crippen molar-refractivity contribution in [3.05, 3.63) is 61.4 Å². The van der Waals surface area contributed by atoms with Gasteiger partial charge in [-0.3, -0.25) is 4.79 Å². The Morgan fingerprint density at radius 3 is 2.54 bits per heavy atom. The third kappa shape index (κ3) is 3.27. The second-order valence-corrected chi connectivity index (χ2v) is 4.88. The molecule has 0 spiro atoms. The first kappa shape index (κ1) is 17.6. The lowest BCUT2D eigenvalue weighted by atomic mass is 10.2. The van der Waals surface area contributed by atoms with Crippen LogP contribution in [0.1, 0.15) is 11.3 Å². The molecule has 1 heterocycles. The average molecular weight is 363 g/mol.